The van der Waals surface area contributed by atoms with E-state index in [9.17, 15) is 4.79 Å². The maximum Gasteiger partial charge on any atom is 0.333 e. The molecule has 0 aromatic rings. The van der Waals surface area contributed by atoms with E-state index < -0.39 is 12.1 Å². The minimum Gasteiger partial charge on any atom is -0.460 e. The summed E-state index contributed by atoms with van der Waals surface area (Å²) in [4.78, 5) is 10.6. The Kier molecular flexibility index (Phi) is 13.1. The van der Waals surface area contributed by atoms with Gasteiger partial charge in [-0.15, -0.1) is 0 Å². The van der Waals surface area contributed by atoms with Gasteiger partial charge in [-0.25, -0.2) is 4.79 Å². The molecule has 0 heterocycles. The summed E-state index contributed by atoms with van der Waals surface area (Å²) in [5.41, 5.74) is 0.348. The van der Waals surface area contributed by atoms with Crippen molar-refractivity contribution in [1.29, 1.82) is 5.26 Å². The molecule has 18 heavy (non-hydrogen) atoms. The third kappa shape index (κ3) is 16.3. The van der Waals surface area contributed by atoms with Gasteiger partial charge in [-0.05, 0) is 13.8 Å². The number of hydrogen-bond acceptors (Lipinski definition) is 4. The standard InChI is InChI=1S/C7H7N.C7H12O3/c1-2-3-4-5-6-7-8;1-5(2)7(9)10-4-6(3)8/h2-6H,1H2;6,8H,1,4H2,2-3H3. The summed E-state index contributed by atoms with van der Waals surface area (Å²) in [6, 6.07) is 1.86. The van der Waals surface area contributed by atoms with Gasteiger partial charge in [0.2, 0.25) is 0 Å². The lowest BCUT2D eigenvalue weighted by Gasteiger charge is -2.04. The molecule has 0 saturated heterocycles. The van der Waals surface area contributed by atoms with Crippen molar-refractivity contribution >= 4 is 5.97 Å². The largest absolute Gasteiger partial charge is 0.460 e. The Hall–Kier alpha value is -2.12. The molecule has 0 fully saturated rings. The summed E-state index contributed by atoms with van der Waals surface area (Å²) in [6.07, 6.45) is 7.61. The summed E-state index contributed by atoms with van der Waals surface area (Å²) in [5.74, 6) is -0.457. The fourth-order valence-corrected chi connectivity index (χ4v) is 0.561. The highest BCUT2D eigenvalue weighted by atomic mass is 16.5. The van der Waals surface area contributed by atoms with Crippen LogP contribution < -0.4 is 0 Å². The first-order chi connectivity index (χ1) is 8.45. The molecule has 0 saturated carbocycles. The number of allylic oxidation sites excluding steroid dienone is 5. The predicted molar refractivity (Wildman–Crippen MR) is 71.5 cm³/mol. The van der Waals surface area contributed by atoms with Gasteiger partial charge >= 0.3 is 5.97 Å². The van der Waals surface area contributed by atoms with Crippen molar-refractivity contribution < 1.29 is 14.6 Å². The smallest absolute Gasteiger partial charge is 0.333 e. The van der Waals surface area contributed by atoms with Crippen LogP contribution in [-0.4, -0.2) is 23.8 Å². The molecule has 1 N–H and O–H groups in total. The third-order valence-corrected chi connectivity index (χ3v) is 1.33. The number of nitrogens with zero attached hydrogens (tertiary/aromatic N) is 1. The minimum atomic E-state index is -0.608. The Morgan fingerprint density at radius 1 is 1.50 bits per heavy atom. The van der Waals surface area contributed by atoms with E-state index in [1.165, 1.54) is 6.08 Å². The van der Waals surface area contributed by atoms with E-state index in [2.05, 4.69) is 17.9 Å². The Morgan fingerprint density at radius 3 is 2.50 bits per heavy atom. The van der Waals surface area contributed by atoms with E-state index in [0.717, 1.165) is 0 Å². The summed E-state index contributed by atoms with van der Waals surface area (Å²) in [5, 5.41) is 16.6. The van der Waals surface area contributed by atoms with Crippen LogP contribution in [0.3, 0.4) is 0 Å². The molecule has 0 aliphatic heterocycles. The number of carbonyl (C=O) groups excluding carboxylic acids is 1. The van der Waals surface area contributed by atoms with Gasteiger partial charge in [0.25, 0.3) is 0 Å². The number of esters is 1. The lowest BCUT2D eigenvalue weighted by atomic mass is 10.3. The molecule has 0 aliphatic carbocycles. The average Bonchev–Trinajstić information content (AvgIpc) is 2.32. The van der Waals surface area contributed by atoms with Gasteiger partial charge in [-0.1, -0.05) is 37.5 Å². The van der Waals surface area contributed by atoms with Crippen LogP contribution in [0.1, 0.15) is 13.8 Å². The second-order valence-corrected chi connectivity index (χ2v) is 3.34. The number of aliphatic hydroxyl groups is 1. The van der Waals surface area contributed by atoms with Crippen molar-refractivity contribution in [2.45, 2.75) is 20.0 Å². The van der Waals surface area contributed by atoms with E-state index in [1.807, 2.05) is 6.07 Å². The first kappa shape index (κ1) is 18.3. The first-order valence-corrected chi connectivity index (χ1v) is 5.30. The van der Waals surface area contributed by atoms with Crippen LogP contribution >= 0.6 is 0 Å². The van der Waals surface area contributed by atoms with Gasteiger partial charge < -0.3 is 9.84 Å². The Balaban J connectivity index is 0. The van der Waals surface area contributed by atoms with E-state index in [-0.39, 0.29) is 6.61 Å². The number of aliphatic hydroxyl groups excluding tert-OH is 1. The van der Waals surface area contributed by atoms with Crippen molar-refractivity contribution in [1.82, 2.24) is 0 Å². The monoisotopic (exact) mass is 249 g/mol. The zero-order chi connectivity index (χ0) is 14.4. The summed E-state index contributed by atoms with van der Waals surface area (Å²) in [7, 11) is 0. The zero-order valence-electron chi connectivity index (χ0n) is 10.8. The highest BCUT2D eigenvalue weighted by molar-refractivity contribution is 5.86. The number of carbonyl (C=O) groups is 1. The normalized spacial score (nSPS) is 11.2. The second-order valence-electron chi connectivity index (χ2n) is 3.34. The first-order valence-electron chi connectivity index (χ1n) is 5.30. The van der Waals surface area contributed by atoms with Gasteiger partial charge in [0, 0.05) is 11.6 Å². The van der Waals surface area contributed by atoms with E-state index in [4.69, 9.17) is 10.4 Å². The molecule has 0 radical (unpaired) electrons. The molecule has 0 aliphatic rings. The summed E-state index contributed by atoms with van der Waals surface area (Å²) < 4.78 is 4.58. The molecule has 0 rings (SSSR count). The molecule has 4 nitrogen and oxygen atoms in total. The van der Waals surface area contributed by atoms with Crippen LogP contribution in [0.4, 0.5) is 0 Å². The summed E-state index contributed by atoms with van der Waals surface area (Å²) in [6.45, 7) is 9.97. The van der Waals surface area contributed by atoms with E-state index >= 15 is 0 Å². The van der Waals surface area contributed by atoms with Gasteiger partial charge in [0.1, 0.15) is 6.61 Å². The highest BCUT2D eigenvalue weighted by Crippen LogP contribution is 1.92. The fourth-order valence-electron chi connectivity index (χ4n) is 0.561. The van der Waals surface area contributed by atoms with Gasteiger partial charge in [0.05, 0.1) is 12.2 Å². The SMILES string of the molecule is C=C(C)C(=O)OCC(C)O.C=CC=CC=CC#N. The number of hydrogen-bond donors (Lipinski definition) is 1. The Labute approximate surface area is 108 Å². The van der Waals surface area contributed by atoms with Crippen molar-refractivity contribution in [2.75, 3.05) is 6.61 Å². The van der Waals surface area contributed by atoms with Crippen LogP contribution in [0.25, 0.3) is 0 Å². The molecule has 1 atom stereocenters. The van der Waals surface area contributed by atoms with Crippen LogP contribution in [0.5, 0.6) is 0 Å². The molecular formula is C14H19NO3. The lowest BCUT2D eigenvalue weighted by molar-refractivity contribution is -0.141. The minimum absolute atomic E-state index is 0.0334. The van der Waals surface area contributed by atoms with Crippen molar-refractivity contribution in [3.8, 4) is 6.07 Å². The molecule has 0 bridgehead atoms. The lowest BCUT2D eigenvalue weighted by Crippen LogP contribution is -2.15. The maximum absolute atomic E-state index is 10.6. The molecule has 0 aromatic carbocycles. The van der Waals surface area contributed by atoms with Gasteiger partial charge in [-0.2, -0.15) is 5.26 Å². The molecule has 0 aromatic heterocycles. The highest BCUT2D eigenvalue weighted by Gasteiger charge is 2.03. The number of ether oxygens (including phenoxy) is 1. The van der Waals surface area contributed by atoms with Crippen LogP contribution in [-0.2, 0) is 9.53 Å². The van der Waals surface area contributed by atoms with Gasteiger partial charge in [-0.3, -0.25) is 0 Å². The average molecular weight is 249 g/mol. The molecule has 0 amide bonds. The second kappa shape index (κ2) is 12.9. The van der Waals surface area contributed by atoms with Gasteiger partial charge in [0.15, 0.2) is 0 Å². The third-order valence-electron chi connectivity index (χ3n) is 1.33. The molecular weight excluding hydrogens is 230 g/mol. The topological polar surface area (TPSA) is 70.3 Å². The summed E-state index contributed by atoms with van der Waals surface area (Å²) >= 11 is 0. The maximum atomic E-state index is 10.6. The fraction of sp³-hybridized carbons (Fsp3) is 0.286. The van der Waals surface area contributed by atoms with Crippen LogP contribution in [0, 0.1) is 11.3 Å². The number of nitriles is 1. The van der Waals surface area contributed by atoms with E-state index in [0.29, 0.717) is 5.57 Å². The Bertz CT molecular complexity index is 360. The van der Waals surface area contributed by atoms with Crippen molar-refractivity contribution in [3.05, 3.63) is 49.1 Å². The van der Waals surface area contributed by atoms with E-state index in [1.54, 1.807) is 38.2 Å². The van der Waals surface area contributed by atoms with Crippen molar-refractivity contribution in [3.63, 3.8) is 0 Å². The van der Waals surface area contributed by atoms with Crippen LogP contribution in [0.2, 0.25) is 0 Å². The predicted octanol–water partition coefficient (Wildman–Crippen LogP) is 2.29. The van der Waals surface area contributed by atoms with Crippen molar-refractivity contribution in [2.24, 2.45) is 0 Å². The zero-order valence-corrected chi connectivity index (χ0v) is 10.8. The molecule has 98 valence electrons. The molecule has 0 spiro atoms. The molecule has 1 unspecified atom stereocenters. The number of rotatable bonds is 5. The quantitative estimate of drug-likeness (QED) is 0.351. The van der Waals surface area contributed by atoms with Crippen LogP contribution in [0.15, 0.2) is 49.1 Å². The molecule has 4 heteroatoms. The Morgan fingerprint density at radius 2 is 2.11 bits per heavy atom.